The molecule has 0 amide bonds. The van der Waals surface area contributed by atoms with Gasteiger partial charge in [0.25, 0.3) is 0 Å². The lowest BCUT2D eigenvalue weighted by atomic mass is 9.72. The van der Waals surface area contributed by atoms with E-state index in [2.05, 4.69) is 101 Å². The maximum Gasteiger partial charge on any atom is 0.143 e. The summed E-state index contributed by atoms with van der Waals surface area (Å²) in [4.78, 5) is 1.52. The van der Waals surface area contributed by atoms with Gasteiger partial charge in [-0.2, -0.15) is 15.4 Å². The van der Waals surface area contributed by atoms with Gasteiger partial charge >= 0.3 is 0 Å². The zero-order valence-corrected chi connectivity index (χ0v) is 30.1. The van der Waals surface area contributed by atoms with Gasteiger partial charge in [0.05, 0.1) is 0 Å². The van der Waals surface area contributed by atoms with Crippen molar-refractivity contribution in [2.24, 2.45) is 10.8 Å². The first-order chi connectivity index (χ1) is 22.3. The molecule has 0 atom stereocenters. The van der Waals surface area contributed by atoms with Gasteiger partial charge in [-0.3, -0.25) is 0 Å². The van der Waals surface area contributed by atoms with Crippen molar-refractivity contribution < 1.29 is 10.2 Å². The van der Waals surface area contributed by atoms with Crippen LogP contribution in [0.25, 0.3) is 38.9 Å². The van der Waals surface area contributed by atoms with Crippen molar-refractivity contribution in [3.8, 4) is 28.3 Å². The summed E-state index contributed by atoms with van der Waals surface area (Å²) in [6, 6.07) is 25.2. The number of rotatable bonds is 6. The molecule has 0 aliphatic rings. The second-order valence-corrected chi connectivity index (χ2v) is 16.7. The van der Waals surface area contributed by atoms with Crippen molar-refractivity contribution in [1.29, 1.82) is 0 Å². The standard InChI is InChI=1S/2C20H25N3O/c1-19(2,3)12-20(4,5)13-9-10-17(24)15(11-13)14-7-6-8-16-18(14)22-23-21-16;1-19(2,3)13-20(4,5)14-10-11-18(24)17(12-14)23-21-15-8-6-7-9-16(15)22-23/h6-11,24H,12H2,1-5H3,(H,21,22,23);6-12,24H,13H2,1-5H3. The van der Waals surface area contributed by atoms with Crippen molar-refractivity contribution in [3.05, 3.63) is 90.0 Å². The first-order valence-corrected chi connectivity index (χ1v) is 16.6. The Morgan fingerprint density at radius 2 is 1.08 bits per heavy atom. The van der Waals surface area contributed by atoms with Crippen LogP contribution >= 0.6 is 0 Å². The summed E-state index contributed by atoms with van der Waals surface area (Å²) in [5.74, 6) is 0.450. The van der Waals surface area contributed by atoms with Gasteiger partial charge in [0.1, 0.15) is 39.3 Å². The number of aromatic amines is 1. The Bertz CT molecular complexity index is 2000. The van der Waals surface area contributed by atoms with Crippen LogP contribution in [0.4, 0.5) is 0 Å². The number of aromatic nitrogens is 6. The molecule has 0 aliphatic carbocycles. The van der Waals surface area contributed by atoms with Crippen LogP contribution in [0.1, 0.15) is 93.2 Å². The second-order valence-electron chi connectivity index (χ2n) is 16.7. The molecule has 8 nitrogen and oxygen atoms in total. The highest BCUT2D eigenvalue weighted by molar-refractivity contribution is 5.93. The Labute approximate surface area is 284 Å². The Hall–Kier alpha value is -4.72. The zero-order chi connectivity index (χ0) is 35.1. The van der Waals surface area contributed by atoms with E-state index in [0.29, 0.717) is 5.69 Å². The van der Waals surface area contributed by atoms with Crippen molar-refractivity contribution in [2.75, 3.05) is 0 Å². The number of benzene rings is 4. The molecule has 0 bridgehead atoms. The van der Waals surface area contributed by atoms with Gasteiger partial charge in [-0.15, -0.1) is 15.0 Å². The molecule has 6 aromatic rings. The molecule has 6 rings (SSSR count). The molecule has 0 unspecified atom stereocenters. The van der Waals surface area contributed by atoms with Crippen LogP contribution in [0.15, 0.2) is 78.9 Å². The Morgan fingerprint density at radius 1 is 0.562 bits per heavy atom. The van der Waals surface area contributed by atoms with E-state index in [1.54, 1.807) is 12.1 Å². The van der Waals surface area contributed by atoms with Gasteiger partial charge in [-0.1, -0.05) is 106 Å². The number of para-hydroxylation sites is 1. The molecule has 48 heavy (non-hydrogen) atoms. The van der Waals surface area contributed by atoms with Gasteiger partial charge in [0.2, 0.25) is 0 Å². The molecule has 252 valence electrons. The number of nitrogens with one attached hydrogen (secondary N) is 1. The summed E-state index contributed by atoms with van der Waals surface area (Å²) in [6.07, 6.45) is 2.09. The SMILES string of the molecule is CC(C)(C)CC(C)(C)c1ccc(O)c(-c2cccc3n[nH]nc23)c1.CC(C)(C)CC(C)(C)c1ccc(O)c(-n2nc3ccccc3n2)c1. The number of nitrogens with zero attached hydrogens (tertiary/aromatic N) is 5. The number of phenols is 2. The average Bonchev–Trinajstić information content (AvgIpc) is 3.63. The normalized spacial score (nSPS) is 12.7. The molecule has 2 aromatic heterocycles. The maximum atomic E-state index is 10.4. The third-order valence-corrected chi connectivity index (χ3v) is 8.62. The van der Waals surface area contributed by atoms with Crippen LogP contribution in [-0.2, 0) is 10.8 Å². The van der Waals surface area contributed by atoms with Crippen molar-refractivity contribution in [2.45, 2.75) is 92.9 Å². The van der Waals surface area contributed by atoms with Gasteiger partial charge < -0.3 is 10.2 Å². The molecule has 0 radical (unpaired) electrons. The van der Waals surface area contributed by atoms with Crippen LogP contribution < -0.4 is 0 Å². The average molecular weight is 647 g/mol. The highest BCUT2D eigenvalue weighted by Gasteiger charge is 2.29. The van der Waals surface area contributed by atoms with Crippen molar-refractivity contribution in [1.82, 2.24) is 30.4 Å². The number of hydrogen-bond acceptors (Lipinski definition) is 6. The van der Waals surface area contributed by atoms with Crippen LogP contribution in [-0.4, -0.2) is 40.6 Å². The van der Waals surface area contributed by atoms with E-state index in [-0.39, 0.29) is 33.2 Å². The first kappa shape index (κ1) is 34.6. The van der Waals surface area contributed by atoms with E-state index in [1.165, 1.54) is 15.9 Å². The third-order valence-electron chi connectivity index (χ3n) is 8.62. The zero-order valence-electron chi connectivity index (χ0n) is 30.1. The summed E-state index contributed by atoms with van der Waals surface area (Å²) < 4.78 is 0. The van der Waals surface area contributed by atoms with E-state index < -0.39 is 0 Å². The molecule has 3 N–H and O–H groups in total. The smallest absolute Gasteiger partial charge is 0.143 e. The van der Waals surface area contributed by atoms with Crippen LogP contribution in [0.5, 0.6) is 11.5 Å². The monoisotopic (exact) mass is 646 g/mol. The quantitative estimate of drug-likeness (QED) is 0.166. The largest absolute Gasteiger partial charge is 0.507 e. The fraction of sp³-hybridized carbons (Fsp3) is 0.400. The molecule has 8 heteroatoms. The summed E-state index contributed by atoms with van der Waals surface area (Å²) in [6.45, 7) is 22.5. The highest BCUT2D eigenvalue weighted by Crippen LogP contribution is 2.41. The maximum absolute atomic E-state index is 10.4. The molecular formula is C40H50N6O2. The van der Waals surface area contributed by atoms with Crippen LogP contribution in [0, 0.1) is 10.8 Å². The van der Waals surface area contributed by atoms with Gasteiger partial charge in [0.15, 0.2) is 0 Å². The predicted molar refractivity (Wildman–Crippen MR) is 196 cm³/mol. The van der Waals surface area contributed by atoms with Crippen LogP contribution in [0.2, 0.25) is 0 Å². The summed E-state index contributed by atoms with van der Waals surface area (Å²) >= 11 is 0. The summed E-state index contributed by atoms with van der Waals surface area (Å²) in [5, 5.41) is 40.7. The molecule has 2 heterocycles. The van der Waals surface area contributed by atoms with Crippen LogP contribution in [0.3, 0.4) is 0 Å². The van der Waals surface area contributed by atoms with E-state index >= 15 is 0 Å². The molecule has 0 fully saturated rings. The first-order valence-electron chi connectivity index (χ1n) is 16.6. The van der Waals surface area contributed by atoms with E-state index in [9.17, 15) is 10.2 Å². The molecule has 4 aromatic carbocycles. The lowest BCUT2D eigenvalue weighted by Gasteiger charge is -2.33. The minimum absolute atomic E-state index is 0.00667. The fourth-order valence-corrected chi connectivity index (χ4v) is 7.19. The summed E-state index contributed by atoms with van der Waals surface area (Å²) in [5.41, 5.74) is 8.36. The van der Waals surface area contributed by atoms with E-state index in [0.717, 1.165) is 46.0 Å². The number of hydrogen-bond donors (Lipinski definition) is 3. The minimum Gasteiger partial charge on any atom is -0.507 e. The molecule has 0 saturated carbocycles. The minimum atomic E-state index is -0.00667. The van der Waals surface area contributed by atoms with Gasteiger partial charge in [-0.05, 0) is 88.1 Å². The van der Waals surface area contributed by atoms with Gasteiger partial charge in [0, 0.05) is 11.1 Å². The topological polar surface area (TPSA) is 113 Å². The number of fused-ring (bicyclic) bond motifs is 2. The fourth-order valence-electron chi connectivity index (χ4n) is 7.19. The number of aromatic hydroxyl groups is 2. The Kier molecular flexibility index (Phi) is 9.17. The third kappa shape index (κ3) is 7.87. The number of phenolic OH excluding ortho intramolecular Hbond substituents is 2. The highest BCUT2D eigenvalue weighted by atomic mass is 16.3. The number of H-pyrrole nitrogens is 1. The predicted octanol–water partition coefficient (Wildman–Crippen LogP) is 9.88. The van der Waals surface area contributed by atoms with Crippen molar-refractivity contribution in [3.63, 3.8) is 0 Å². The van der Waals surface area contributed by atoms with Crippen molar-refractivity contribution >= 4 is 22.1 Å². The van der Waals surface area contributed by atoms with E-state index in [1.807, 2.05) is 60.7 Å². The summed E-state index contributed by atoms with van der Waals surface area (Å²) in [7, 11) is 0. The molecule has 0 saturated heterocycles. The Morgan fingerprint density at radius 3 is 1.65 bits per heavy atom. The lowest BCUT2D eigenvalue weighted by Crippen LogP contribution is -2.25. The Balaban J connectivity index is 0.000000188. The molecular weight excluding hydrogens is 596 g/mol. The lowest BCUT2D eigenvalue weighted by molar-refractivity contribution is 0.283. The van der Waals surface area contributed by atoms with E-state index in [4.69, 9.17) is 0 Å². The van der Waals surface area contributed by atoms with Gasteiger partial charge in [-0.25, -0.2) is 0 Å². The molecule has 0 spiro atoms. The molecule has 0 aliphatic heterocycles. The second kappa shape index (κ2) is 12.7.